The van der Waals surface area contributed by atoms with Gasteiger partial charge in [-0.15, -0.1) is 0 Å². The molecule has 0 saturated heterocycles. The quantitative estimate of drug-likeness (QED) is 0.748. The van der Waals surface area contributed by atoms with Gasteiger partial charge in [-0.1, -0.05) is 6.07 Å². The van der Waals surface area contributed by atoms with E-state index in [2.05, 4.69) is 20.6 Å². The third kappa shape index (κ3) is 3.25. The van der Waals surface area contributed by atoms with Crippen LogP contribution in [0.5, 0.6) is 0 Å². The summed E-state index contributed by atoms with van der Waals surface area (Å²) in [7, 11) is 0. The number of carbonyl (C=O) groups excluding carboxylic acids is 1. The Balaban J connectivity index is 1.68. The largest absolute Gasteiger partial charge is 0.416 e. The molecule has 2 heterocycles. The highest BCUT2D eigenvalue weighted by molar-refractivity contribution is 5.83. The van der Waals surface area contributed by atoms with Crippen LogP contribution in [0.3, 0.4) is 0 Å². The number of rotatable bonds is 3. The number of amides is 1. The lowest BCUT2D eigenvalue weighted by Gasteiger charge is -2.22. The van der Waals surface area contributed by atoms with Gasteiger partial charge in [0, 0.05) is 30.8 Å². The van der Waals surface area contributed by atoms with Gasteiger partial charge in [0.1, 0.15) is 11.9 Å². The number of hydrogen-bond acceptors (Lipinski definition) is 3. The molecule has 1 aliphatic rings. The fourth-order valence-corrected chi connectivity index (χ4v) is 2.59. The predicted molar refractivity (Wildman–Crippen MR) is 76.3 cm³/mol. The van der Waals surface area contributed by atoms with Gasteiger partial charge >= 0.3 is 6.18 Å². The molecule has 24 heavy (non-hydrogen) atoms. The van der Waals surface area contributed by atoms with Crippen molar-refractivity contribution < 1.29 is 22.4 Å². The summed E-state index contributed by atoms with van der Waals surface area (Å²) in [5, 5.41) is 5.53. The molecule has 5 nitrogen and oxygen atoms in total. The Hall–Kier alpha value is -2.42. The zero-order valence-corrected chi connectivity index (χ0v) is 12.4. The van der Waals surface area contributed by atoms with Crippen molar-refractivity contribution in [1.82, 2.24) is 20.6 Å². The van der Waals surface area contributed by atoms with Gasteiger partial charge in [0.2, 0.25) is 5.91 Å². The van der Waals surface area contributed by atoms with Crippen LogP contribution in [0.4, 0.5) is 17.6 Å². The second-order valence-corrected chi connectivity index (χ2v) is 5.43. The first kappa shape index (κ1) is 16.4. The lowest BCUT2D eigenvalue weighted by molar-refractivity contribution is -0.137. The molecule has 1 aliphatic heterocycles. The number of alkyl halides is 3. The summed E-state index contributed by atoms with van der Waals surface area (Å²) >= 11 is 0. The second-order valence-electron chi connectivity index (χ2n) is 5.43. The number of fused-ring (bicyclic) bond motifs is 1. The van der Waals surface area contributed by atoms with Crippen molar-refractivity contribution in [1.29, 1.82) is 0 Å². The smallest absolute Gasteiger partial charge is 0.350 e. The number of halogens is 4. The van der Waals surface area contributed by atoms with E-state index in [1.165, 1.54) is 6.33 Å². The topological polar surface area (TPSA) is 69.8 Å². The standard InChI is InChI=1S/C15H14F4N4O/c16-10-5-9(15(17,18)19)2-1-8(10)6-21-14(24)13-12-11(3-4-20-13)22-7-23-12/h1-2,5,7,13,20H,3-4,6H2,(H,21,24)(H,22,23). The fraction of sp³-hybridized carbons (Fsp3) is 0.333. The molecule has 3 N–H and O–H groups in total. The van der Waals surface area contributed by atoms with Gasteiger partial charge in [0.15, 0.2) is 0 Å². The van der Waals surface area contributed by atoms with E-state index >= 15 is 0 Å². The van der Waals surface area contributed by atoms with E-state index in [0.29, 0.717) is 24.7 Å². The van der Waals surface area contributed by atoms with Crippen molar-refractivity contribution in [2.75, 3.05) is 6.54 Å². The van der Waals surface area contributed by atoms with Crippen LogP contribution in [0.15, 0.2) is 24.5 Å². The summed E-state index contributed by atoms with van der Waals surface area (Å²) < 4.78 is 51.3. The van der Waals surface area contributed by atoms with Crippen LogP contribution in [0.25, 0.3) is 0 Å². The molecule has 0 aliphatic carbocycles. The molecule has 1 unspecified atom stereocenters. The molecule has 1 atom stereocenters. The number of benzene rings is 1. The molecule has 0 radical (unpaired) electrons. The van der Waals surface area contributed by atoms with Gasteiger partial charge in [-0.3, -0.25) is 4.79 Å². The van der Waals surface area contributed by atoms with Crippen LogP contribution < -0.4 is 10.6 Å². The molecule has 1 aromatic heterocycles. The van der Waals surface area contributed by atoms with Crippen LogP contribution in [0.2, 0.25) is 0 Å². The summed E-state index contributed by atoms with van der Waals surface area (Å²) in [6.07, 6.45) is -2.40. The lowest BCUT2D eigenvalue weighted by atomic mass is 10.0. The van der Waals surface area contributed by atoms with Crippen molar-refractivity contribution >= 4 is 5.91 Å². The minimum absolute atomic E-state index is 0.0191. The van der Waals surface area contributed by atoms with Gasteiger partial charge in [-0.25, -0.2) is 9.37 Å². The van der Waals surface area contributed by atoms with Crippen LogP contribution in [0, 0.1) is 5.82 Å². The highest BCUT2D eigenvalue weighted by atomic mass is 19.4. The van der Waals surface area contributed by atoms with Crippen molar-refractivity contribution in [2.45, 2.75) is 25.2 Å². The summed E-state index contributed by atoms with van der Waals surface area (Å²) in [5.74, 6) is -1.43. The number of nitrogens with zero attached hydrogens (tertiary/aromatic N) is 1. The maximum absolute atomic E-state index is 13.8. The van der Waals surface area contributed by atoms with Crippen molar-refractivity contribution in [3.05, 3.63) is 52.9 Å². The average molecular weight is 342 g/mol. The zero-order valence-electron chi connectivity index (χ0n) is 12.4. The van der Waals surface area contributed by atoms with Gasteiger partial charge in [0.25, 0.3) is 0 Å². The highest BCUT2D eigenvalue weighted by Crippen LogP contribution is 2.30. The first-order valence-electron chi connectivity index (χ1n) is 7.25. The van der Waals surface area contributed by atoms with E-state index in [4.69, 9.17) is 0 Å². The predicted octanol–water partition coefficient (Wildman–Crippen LogP) is 2.07. The van der Waals surface area contributed by atoms with Crippen molar-refractivity contribution in [3.8, 4) is 0 Å². The summed E-state index contributed by atoms with van der Waals surface area (Å²) in [4.78, 5) is 19.3. The van der Waals surface area contributed by atoms with Gasteiger partial charge in [-0.2, -0.15) is 13.2 Å². The summed E-state index contributed by atoms with van der Waals surface area (Å²) in [6.45, 7) is 0.378. The maximum Gasteiger partial charge on any atom is 0.416 e. The maximum atomic E-state index is 13.8. The number of hydrogen-bond donors (Lipinski definition) is 3. The van der Waals surface area contributed by atoms with Crippen molar-refractivity contribution in [3.63, 3.8) is 0 Å². The van der Waals surface area contributed by atoms with Crippen LogP contribution in [-0.4, -0.2) is 22.4 Å². The van der Waals surface area contributed by atoms with E-state index in [0.717, 1.165) is 17.8 Å². The molecule has 128 valence electrons. The minimum atomic E-state index is -4.61. The first-order valence-corrected chi connectivity index (χ1v) is 7.25. The molecular formula is C15H14F4N4O. The number of aromatic nitrogens is 2. The van der Waals surface area contributed by atoms with Gasteiger partial charge in [0.05, 0.1) is 17.6 Å². The third-order valence-electron chi connectivity index (χ3n) is 3.84. The molecular weight excluding hydrogens is 328 g/mol. The van der Waals surface area contributed by atoms with E-state index < -0.39 is 29.5 Å². The fourth-order valence-electron chi connectivity index (χ4n) is 2.59. The Kier molecular flexibility index (Phi) is 4.27. The van der Waals surface area contributed by atoms with Crippen LogP contribution in [0.1, 0.15) is 28.6 Å². The van der Waals surface area contributed by atoms with E-state index in [1.54, 1.807) is 0 Å². The van der Waals surface area contributed by atoms with Gasteiger partial charge < -0.3 is 15.6 Å². The van der Waals surface area contributed by atoms with Crippen molar-refractivity contribution in [2.24, 2.45) is 0 Å². The lowest BCUT2D eigenvalue weighted by Crippen LogP contribution is -2.41. The average Bonchev–Trinajstić information content (AvgIpc) is 3.00. The number of H-pyrrole nitrogens is 1. The Morgan fingerprint density at radius 1 is 1.38 bits per heavy atom. The molecule has 0 fully saturated rings. The van der Waals surface area contributed by atoms with E-state index in [-0.39, 0.29) is 12.1 Å². The number of aromatic amines is 1. The van der Waals surface area contributed by atoms with Crippen LogP contribution >= 0.6 is 0 Å². The number of nitrogens with one attached hydrogen (secondary N) is 3. The Morgan fingerprint density at radius 3 is 2.88 bits per heavy atom. The number of imidazole rings is 1. The second kappa shape index (κ2) is 6.23. The normalized spacial score (nSPS) is 17.4. The van der Waals surface area contributed by atoms with E-state index in [9.17, 15) is 22.4 Å². The molecule has 1 amide bonds. The monoisotopic (exact) mass is 342 g/mol. The molecule has 9 heteroatoms. The Morgan fingerprint density at radius 2 is 2.17 bits per heavy atom. The zero-order chi connectivity index (χ0) is 17.3. The number of carbonyl (C=O) groups is 1. The molecule has 0 bridgehead atoms. The molecule has 0 saturated carbocycles. The Bertz CT molecular complexity index is 756. The summed E-state index contributed by atoms with van der Waals surface area (Å²) in [5.41, 5.74) is 0.348. The SMILES string of the molecule is O=C(NCc1ccc(C(F)(F)F)cc1F)C1NCCc2[nH]cnc21. The van der Waals surface area contributed by atoms with Crippen LogP contribution in [-0.2, 0) is 23.9 Å². The first-order chi connectivity index (χ1) is 11.4. The highest BCUT2D eigenvalue weighted by Gasteiger charge is 2.31. The molecule has 3 rings (SSSR count). The molecule has 1 aromatic carbocycles. The third-order valence-corrected chi connectivity index (χ3v) is 3.84. The summed E-state index contributed by atoms with van der Waals surface area (Å²) in [6, 6.07) is 1.56. The molecule has 0 spiro atoms. The van der Waals surface area contributed by atoms with Gasteiger partial charge in [-0.05, 0) is 12.1 Å². The molecule has 2 aromatic rings. The Labute approximate surface area is 134 Å². The minimum Gasteiger partial charge on any atom is -0.350 e. The van der Waals surface area contributed by atoms with E-state index in [1.807, 2.05) is 0 Å².